The van der Waals surface area contributed by atoms with Crippen LogP contribution in [0.25, 0.3) is 17.1 Å². The third-order valence-corrected chi connectivity index (χ3v) is 6.37. The Balaban J connectivity index is 1.39. The van der Waals surface area contributed by atoms with Crippen LogP contribution in [0.1, 0.15) is 30.9 Å². The minimum Gasteiger partial charge on any atom is -0.453 e. The van der Waals surface area contributed by atoms with E-state index < -0.39 is 24.2 Å². The first-order chi connectivity index (χ1) is 18.3. The number of anilines is 1. The normalized spacial score (nSPS) is 14.3. The number of aromatic nitrogens is 4. The zero-order valence-corrected chi connectivity index (χ0v) is 20.3. The summed E-state index contributed by atoms with van der Waals surface area (Å²) in [5, 5.41) is 7.00. The van der Waals surface area contributed by atoms with Crippen molar-refractivity contribution in [3.63, 3.8) is 0 Å². The molecule has 0 N–H and O–H groups in total. The highest BCUT2D eigenvalue weighted by Gasteiger charge is 2.32. The van der Waals surface area contributed by atoms with Gasteiger partial charge >= 0.3 is 12.5 Å². The van der Waals surface area contributed by atoms with E-state index in [0.29, 0.717) is 48.5 Å². The quantitative estimate of drug-likeness (QED) is 0.364. The predicted molar refractivity (Wildman–Crippen MR) is 128 cm³/mol. The molecule has 4 heterocycles. The van der Waals surface area contributed by atoms with Crippen LogP contribution in [-0.2, 0) is 16.1 Å². The van der Waals surface area contributed by atoms with Crippen molar-refractivity contribution >= 4 is 23.3 Å². The first kappa shape index (κ1) is 25.2. The van der Waals surface area contributed by atoms with Crippen LogP contribution in [0, 0.1) is 11.7 Å². The molecule has 0 aliphatic carbocycles. The van der Waals surface area contributed by atoms with Crippen molar-refractivity contribution in [2.45, 2.75) is 25.8 Å². The Morgan fingerprint density at radius 1 is 1.18 bits per heavy atom. The monoisotopic (exact) mass is 528 g/mol. The molecule has 1 aromatic carbocycles. The summed E-state index contributed by atoms with van der Waals surface area (Å²) in [5.74, 6) is -1.90. The van der Waals surface area contributed by atoms with E-state index in [0.717, 1.165) is 0 Å². The van der Waals surface area contributed by atoms with Gasteiger partial charge in [-0.05, 0) is 43.2 Å². The summed E-state index contributed by atoms with van der Waals surface area (Å²) >= 11 is 0. The number of pyridine rings is 1. The summed E-state index contributed by atoms with van der Waals surface area (Å²) < 4.78 is 51.2. The van der Waals surface area contributed by atoms with Gasteiger partial charge in [0.05, 0.1) is 19.3 Å². The maximum absolute atomic E-state index is 14.1. The molecule has 0 unspecified atom stereocenters. The number of alkyl halides is 2. The van der Waals surface area contributed by atoms with Crippen LogP contribution in [-0.4, -0.2) is 56.7 Å². The number of fused-ring (bicyclic) bond motifs is 1. The average molecular weight is 528 g/mol. The van der Waals surface area contributed by atoms with Crippen LogP contribution in [0.2, 0.25) is 0 Å². The number of amides is 2. The van der Waals surface area contributed by atoms with E-state index in [9.17, 15) is 22.8 Å². The molecule has 3 aromatic heterocycles. The fourth-order valence-electron chi connectivity index (χ4n) is 4.44. The van der Waals surface area contributed by atoms with Crippen LogP contribution in [0.15, 0.2) is 53.2 Å². The van der Waals surface area contributed by atoms with Crippen molar-refractivity contribution in [3.8, 4) is 11.5 Å². The highest BCUT2D eigenvalue weighted by Crippen LogP contribution is 2.27. The van der Waals surface area contributed by atoms with E-state index in [2.05, 4.69) is 15.2 Å². The zero-order valence-electron chi connectivity index (χ0n) is 20.3. The van der Waals surface area contributed by atoms with Crippen molar-refractivity contribution in [2.24, 2.45) is 5.92 Å². The fourth-order valence-corrected chi connectivity index (χ4v) is 4.44. The molecule has 4 aromatic rings. The number of nitrogens with zero attached hydrogens (tertiary/aromatic N) is 6. The zero-order chi connectivity index (χ0) is 26.8. The van der Waals surface area contributed by atoms with Gasteiger partial charge in [0.2, 0.25) is 11.8 Å². The highest BCUT2D eigenvalue weighted by atomic mass is 19.3. The summed E-state index contributed by atoms with van der Waals surface area (Å²) in [6.07, 6.45) is 0.948. The van der Waals surface area contributed by atoms with Crippen LogP contribution in [0.4, 0.5) is 23.7 Å². The summed E-state index contributed by atoms with van der Waals surface area (Å²) in [5.41, 5.74) is 1.77. The Morgan fingerprint density at radius 3 is 2.66 bits per heavy atom. The SMILES string of the molecule is COC(=O)N1CCC(C(=O)N(Cc2cn3ccc(-c4nnc(C(F)F)o4)cc3n2)c2cccc(F)c2)CC1. The molecule has 1 fully saturated rings. The molecular weight excluding hydrogens is 505 g/mol. The van der Waals surface area contributed by atoms with Crippen LogP contribution >= 0.6 is 0 Å². The van der Waals surface area contributed by atoms with Crippen LogP contribution in [0.3, 0.4) is 0 Å². The molecule has 13 heteroatoms. The maximum atomic E-state index is 14.1. The number of benzene rings is 1. The summed E-state index contributed by atoms with van der Waals surface area (Å²) in [6, 6.07) is 8.97. The van der Waals surface area contributed by atoms with Crippen LogP contribution < -0.4 is 4.90 Å². The molecule has 0 bridgehead atoms. The average Bonchev–Trinajstić information content (AvgIpc) is 3.58. The Hall–Kier alpha value is -4.42. The molecule has 0 spiro atoms. The predicted octanol–water partition coefficient (Wildman–Crippen LogP) is 4.47. The fraction of sp³-hybridized carbons (Fsp3) is 0.320. The van der Waals surface area contributed by atoms with Gasteiger partial charge in [-0.1, -0.05) is 6.07 Å². The van der Waals surface area contributed by atoms with Crippen molar-refractivity contribution < 1.29 is 31.9 Å². The number of carbonyl (C=O) groups excluding carboxylic acids is 2. The standard InChI is InChI=1S/C25H23F3N6O4/c1-37-25(36)32-8-5-15(6-9-32)24(35)34(19-4-2-3-17(26)12-19)14-18-13-33-10-7-16(11-20(33)29-18)22-30-31-23(38-22)21(27)28/h2-4,7,10-13,15,21H,5-6,8-9,14H2,1H3. The summed E-state index contributed by atoms with van der Waals surface area (Å²) in [7, 11) is 1.31. The van der Waals surface area contributed by atoms with E-state index in [1.165, 1.54) is 30.2 Å². The van der Waals surface area contributed by atoms with Crippen molar-refractivity contribution in [1.29, 1.82) is 0 Å². The number of ether oxygens (including phenoxy) is 1. The second-order valence-corrected chi connectivity index (χ2v) is 8.79. The Kier molecular flexibility index (Phi) is 6.99. The number of likely N-dealkylation sites (tertiary alicyclic amines) is 1. The molecule has 1 aliphatic rings. The van der Waals surface area contributed by atoms with Gasteiger partial charge in [0, 0.05) is 42.7 Å². The third-order valence-electron chi connectivity index (χ3n) is 6.37. The largest absolute Gasteiger partial charge is 0.453 e. The molecule has 10 nitrogen and oxygen atoms in total. The number of rotatable bonds is 6. The van der Waals surface area contributed by atoms with E-state index >= 15 is 0 Å². The lowest BCUT2D eigenvalue weighted by Crippen LogP contribution is -2.44. The maximum Gasteiger partial charge on any atom is 0.409 e. The summed E-state index contributed by atoms with van der Waals surface area (Å²) in [4.78, 5) is 33.0. The first-order valence-corrected chi connectivity index (χ1v) is 11.8. The molecule has 38 heavy (non-hydrogen) atoms. The van der Waals surface area contributed by atoms with Gasteiger partial charge in [-0.15, -0.1) is 10.2 Å². The van der Waals surface area contributed by atoms with Gasteiger partial charge in [-0.3, -0.25) is 4.79 Å². The lowest BCUT2D eigenvalue weighted by Gasteiger charge is -2.33. The minimum absolute atomic E-state index is 0.0621. The lowest BCUT2D eigenvalue weighted by atomic mass is 9.95. The van der Waals surface area contributed by atoms with Gasteiger partial charge in [0.1, 0.15) is 11.5 Å². The second kappa shape index (κ2) is 10.5. The van der Waals surface area contributed by atoms with E-state index in [1.54, 1.807) is 39.9 Å². The molecule has 0 atom stereocenters. The Morgan fingerprint density at radius 2 is 1.97 bits per heavy atom. The van der Waals surface area contributed by atoms with Gasteiger partial charge in [0.15, 0.2) is 0 Å². The van der Waals surface area contributed by atoms with Crippen molar-refractivity contribution in [2.75, 3.05) is 25.1 Å². The Bertz CT molecular complexity index is 1460. The number of imidazole rings is 1. The second-order valence-electron chi connectivity index (χ2n) is 8.79. The molecule has 2 amide bonds. The number of hydrogen-bond donors (Lipinski definition) is 0. The minimum atomic E-state index is -2.88. The smallest absolute Gasteiger partial charge is 0.409 e. The first-order valence-electron chi connectivity index (χ1n) is 11.8. The van der Waals surface area contributed by atoms with Gasteiger partial charge in [-0.25, -0.2) is 14.2 Å². The molecule has 1 saturated heterocycles. The van der Waals surface area contributed by atoms with E-state index in [1.807, 2.05) is 0 Å². The summed E-state index contributed by atoms with van der Waals surface area (Å²) in [6.45, 7) is 0.812. The number of carbonyl (C=O) groups is 2. The van der Waals surface area contributed by atoms with Crippen molar-refractivity contribution in [1.82, 2.24) is 24.5 Å². The van der Waals surface area contributed by atoms with Gasteiger partial charge in [0.25, 0.3) is 5.89 Å². The Labute approximate surface area is 214 Å². The molecular formula is C25H23F3N6O4. The third kappa shape index (κ3) is 5.17. The topological polar surface area (TPSA) is 106 Å². The molecule has 198 valence electrons. The molecule has 0 radical (unpaired) electrons. The molecule has 0 saturated carbocycles. The van der Waals surface area contributed by atoms with Crippen molar-refractivity contribution in [3.05, 3.63) is 66.2 Å². The van der Waals surface area contributed by atoms with E-state index in [4.69, 9.17) is 9.15 Å². The van der Waals surface area contributed by atoms with Crippen LogP contribution in [0.5, 0.6) is 0 Å². The number of halogens is 3. The number of methoxy groups -OCH3 is 1. The highest BCUT2D eigenvalue weighted by molar-refractivity contribution is 5.95. The van der Waals surface area contributed by atoms with E-state index in [-0.39, 0.29) is 24.3 Å². The molecule has 5 rings (SSSR count). The molecule has 1 aliphatic heterocycles. The lowest BCUT2D eigenvalue weighted by molar-refractivity contribution is -0.123. The van der Waals surface area contributed by atoms with Gasteiger partial charge in [-0.2, -0.15) is 8.78 Å². The van der Waals surface area contributed by atoms with Gasteiger partial charge < -0.3 is 23.4 Å². The number of piperidine rings is 1. The number of hydrogen-bond acceptors (Lipinski definition) is 7.